The average molecular weight is 321 g/mol. The average Bonchev–Trinajstić information content (AvgIpc) is 2.95. The highest BCUT2D eigenvalue weighted by Gasteiger charge is 2.17. The number of aryl methyl sites for hydroxylation is 1. The van der Waals surface area contributed by atoms with Gasteiger partial charge in [-0.05, 0) is 41.1 Å². The minimum Gasteiger partial charge on any atom is -0.458 e. The topological polar surface area (TPSA) is 30.2 Å². The Kier molecular flexibility index (Phi) is 2.84. The zero-order chi connectivity index (χ0) is 12.7. The standard InChI is InChI=1S/C14H9BrO2S/c1-8-5-6-12(17-8)13(16)10-7-18-14-9(10)3-2-4-11(14)15/h2-7H,1H3. The first-order valence-electron chi connectivity index (χ1n) is 5.43. The Hall–Kier alpha value is -1.39. The van der Waals surface area contributed by atoms with E-state index < -0.39 is 0 Å². The van der Waals surface area contributed by atoms with E-state index in [0.717, 1.165) is 20.3 Å². The minimum absolute atomic E-state index is 0.0625. The van der Waals surface area contributed by atoms with Crippen molar-refractivity contribution in [1.82, 2.24) is 0 Å². The largest absolute Gasteiger partial charge is 0.458 e. The molecule has 2 aromatic heterocycles. The van der Waals surface area contributed by atoms with Crippen molar-refractivity contribution < 1.29 is 9.21 Å². The summed E-state index contributed by atoms with van der Waals surface area (Å²) in [6.45, 7) is 1.83. The third kappa shape index (κ3) is 1.82. The number of benzene rings is 1. The van der Waals surface area contributed by atoms with Gasteiger partial charge >= 0.3 is 0 Å². The Balaban J connectivity index is 2.15. The first-order valence-corrected chi connectivity index (χ1v) is 7.11. The number of fused-ring (bicyclic) bond motifs is 1. The fourth-order valence-corrected chi connectivity index (χ4v) is 3.49. The lowest BCUT2D eigenvalue weighted by Crippen LogP contribution is -1.97. The second-order valence-electron chi connectivity index (χ2n) is 4.01. The molecule has 2 heterocycles. The van der Waals surface area contributed by atoms with E-state index in [-0.39, 0.29) is 5.78 Å². The molecule has 0 radical (unpaired) electrons. The Bertz CT molecular complexity index is 739. The summed E-state index contributed by atoms with van der Waals surface area (Å²) < 4.78 is 7.49. The molecule has 3 rings (SSSR count). The summed E-state index contributed by atoms with van der Waals surface area (Å²) in [6.07, 6.45) is 0. The third-order valence-corrected chi connectivity index (χ3v) is 4.71. The van der Waals surface area contributed by atoms with Crippen molar-refractivity contribution in [1.29, 1.82) is 0 Å². The number of thiophene rings is 1. The molecule has 90 valence electrons. The highest BCUT2D eigenvalue weighted by molar-refractivity contribution is 9.10. The van der Waals surface area contributed by atoms with Crippen LogP contribution in [0.3, 0.4) is 0 Å². The normalized spacial score (nSPS) is 11.0. The first-order chi connectivity index (χ1) is 8.66. The third-order valence-electron chi connectivity index (χ3n) is 2.76. The van der Waals surface area contributed by atoms with Crippen LogP contribution in [0, 0.1) is 6.92 Å². The minimum atomic E-state index is -0.0625. The SMILES string of the molecule is Cc1ccc(C(=O)c2csc3c(Br)cccc23)o1. The van der Waals surface area contributed by atoms with Gasteiger partial charge in [-0.15, -0.1) is 11.3 Å². The van der Waals surface area contributed by atoms with Gasteiger partial charge in [-0.2, -0.15) is 0 Å². The predicted molar refractivity (Wildman–Crippen MR) is 76.4 cm³/mol. The second-order valence-corrected chi connectivity index (χ2v) is 5.74. The van der Waals surface area contributed by atoms with E-state index in [4.69, 9.17) is 4.42 Å². The molecule has 0 aliphatic carbocycles. The van der Waals surface area contributed by atoms with Gasteiger partial charge in [0, 0.05) is 25.5 Å². The van der Waals surface area contributed by atoms with Crippen molar-refractivity contribution >= 4 is 43.1 Å². The summed E-state index contributed by atoms with van der Waals surface area (Å²) in [6, 6.07) is 9.39. The summed E-state index contributed by atoms with van der Waals surface area (Å²) in [5.74, 6) is 1.08. The van der Waals surface area contributed by atoms with Crippen molar-refractivity contribution in [2.75, 3.05) is 0 Å². The number of ketones is 1. The fraction of sp³-hybridized carbons (Fsp3) is 0.0714. The maximum atomic E-state index is 12.3. The van der Waals surface area contributed by atoms with Crippen LogP contribution in [0.15, 0.2) is 44.6 Å². The molecule has 3 aromatic rings. The van der Waals surface area contributed by atoms with Gasteiger partial charge in [-0.1, -0.05) is 12.1 Å². The molecule has 0 aliphatic rings. The van der Waals surface area contributed by atoms with Gasteiger partial charge in [0.1, 0.15) is 5.76 Å². The Morgan fingerprint density at radius 3 is 2.83 bits per heavy atom. The molecular weight excluding hydrogens is 312 g/mol. The predicted octanol–water partition coefficient (Wildman–Crippen LogP) is 4.80. The van der Waals surface area contributed by atoms with E-state index in [2.05, 4.69) is 15.9 Å². The van der Waals surface area contributed by atoms with Crippen LogP contribution in [0.2, 0.25) is 0 Å². The van der Waals surface area contributed by atoms with E-state index in [9.17, 15) is 4.79 Å². The molecule has 0 saturated carbocycles. The van der Waals surface area contributed by atoms with Crippen LogP contribution in [-0.2, 0) is 0 Å². The van der Waals surface area contributed by atoms with Crippen molar-refractivity contribution in [3.8, 4) is 0 Å². The number of hydrogen-bond donors (Lipinski definition) is 0. The van der Waals surface area contributed by atoms with E-state index in [1.165, 1.54) is 0 Å². The molecule has 0 spiro atoms. The summed E-state index contributed by atoms with van der Waals surface area (Å²) in [5, 5.41) is 2.85. The molecule has 0 aliphatic heterocycles. The number of carbonyl (C=O) groups is 1. The van der Waals surface area contributed by atoms with E-state index in [1.54, 1.807) is 23.5 Å². The molecular formula is C14H9BrO2S. The number of rotatable bonds is 2. The smallest absolute Gasteiger partial charge is 0.229 e. The van der Waals surface area contributed by atoms with Gasteiger partial charge in [-0.3, -0.25) is 4.79 Å². The monoisotopic (exact) mass is 320 g/mol. The molecule has 0 unspecified atom stereocenters. The number of hydrogen-bond acceptors (Lipinski definition) is 3. The van der Waals surface area contributed by atoms with Crippen molar-refractivity contribution in [3.05, 3.63) is 57.3 Å². The number of carbonyl (C=O) groups excluding carboxylic acids is 1. The molecule has 18 heavy (non-hydrogen) atoms. The van der Waals surface area contributed by atoms with E-state index >= 15 is 0 Å². The number of halogens is 1. The highest BCUT2D eigenvalue weighted by Crippen LogP contribution is 2.33. The fourth-order valence-electron chi connectivity index (χ4n) is 1.89. The molecule has 1 aromatic carbocycles. The maximum absolute atomic E-state index is 12.3. The van der Waals surface area contributed by atoms with Gasteiger partial charge in [0.05, 0.1) is 0 Å². The molecule has 4 heteroatoms. The lowest BCUT2D eigenvalue weighted by Gasteiger charge is -1.97. The zero-order valence-corrected chi connectivity index (χ0v) is 12.0. The van der Waals surface area contributed by atoms with Crippen molar-refractivity contribution in [3.63, 3.8) is 0 Å². The summed E-state index contributed by atoms with van der Waals surface area (Å²) in [7, 11) is 0. The van der Waals surface area contributed by atoms with Crippen LogP contribution in [-0.4, -0.2) is 5.78 Å². The van der Waals surface area contributed by atoms with Gasteiger partial charge in [0.2, 0.25) is 5.78 Å². The van der Waals surface area contributed by atoms with Crippen LogP contribution in [0.5, 0.6) is 0 Å². The van der Waals surface area contributed by atoms with E-state index in [1.807, 2.05) is 30.5 Å². The highest BCUT2D eigenvalue weighted by atomic mass is 79.9. The van der Waals surface area contributed by atoms with Crippen LogP contribution in [0.4, 0.5) is 0 Å². The Labute approximate surface area is 116 Å². The van der Waals surface area contributed by atoms with Gasteiger partial charge in [0.15, 0.2) is 5.76 Å². The summed E-state index contributed by atoms with van der Waals surface area (Å²) in [4.78, 5) is 12.3. The van der Waals surface area contributed by atoms with Crippen LogP contribution < -0.4 is 0 Å². The first kappa shape index (κ1) is 11.7. The Morgan fingerprint density at radius 1 is 1.28 bits per heavy atom. The quantitative estimate of drug-likeness (QED) is 0.635. The Morgan fingerprint density at radius 2 is 2.11 bits per heavy atom. The van der Waals surface area contributed by atoms with Crippen LogP contribution in [0.25, 0.3) is 10.1 Å². The van der Waals surface area contributed by atoms with Gasteiger partial charge in [0.25, 0.3) is 0 Å². The lowest BCUT2D eigenvalue weighted by atomic mass is 10.1. The van der Waals surface area contributed by atoms with Gasteiger partial charge < -0.3 is 4.42 Å². The van der Waals surface area contributed by atoms with Crippen LogP contribution >= 0.6 is 27.3 Å². The molecule has 0 saturated heterocycles. The molecule has 0 amide bonds. The molecule has 0 atom stereocenters. The summed E-state index contributed by atoms with van der Waals surface area (Å²) >= 11 is 5.06. The molecule has 0 N–H and O–H groups in total. The zero-order valence-electron chi connectivity index (χ0n) is 9.57. The lowest BCUT2D eigenvalue weighted by molar-refractivity contribution is 0.101. The summed E-state index contributed by atoms with van der Waals surface area (Å²) in [5.41, 5.74) is 0.700. The maximum Gasteiger partial charge on any atom is 0.229 e. The molecule has 0 bridgehead atoms. The van der Waals surface area contributed by atoms with Crippen molar-refractivity contribution in [2.24, 2.45) is 0 Å². The number of furan rings is 1. The van der Waals surface area contributed by atoms with Crippen LogP contribution in [0.1, 0.15) is 21.9 Å². The van der Waals surface area contributed by atoms with Gasteiger partial charge in [-0.25, -0.2) is 0 Å². The van der Waals surface area contributed by atoms with Crippen molar-refractivity contribution in [2.45, 2.75) is 6.92 Å². The molecule has 2 nitrogen and oxygen atoms in total. The van der Waals surface area contributed by atoms with E-state index in [0.29, 0.717) is 11.3 Å². The second kappa shape index (κ2) is 4.37. The molecule has 0 fully saturated rings.